The molecular formula is C32H29BrN4O3S. The molecule has 4 aromatic rings. The van der Waals surface area contributed by atoms with E-state index in [1.165, 1.54) is 11.8 Å². The Hall–Kier alpha value is -4.34. The van der Waals surface area contributed by atoms with Gasteiger partial charge < -0.3 is 20.9 Å². The number of carbonyl (C=O) groups excluding carboxylic acids is 3. The highest BCUT2D eigenvalue weighted by atomic mass is 79.9. The normalized spacial score (nSPS) is 11.0. The first-order valence-corrected chi connectivity index (χ1v) is 14.5. The maximum absolute atomic E-state index is 13.3. The van der Waals surface area contributed by atoms with E-state index in [-0.39, 0.29) is 23.3 Å². The summed E-state index contributed by atoms with van der Waals surface area (Å²) in [6.07, 6.45) is 1.64. The minimum atomic E-state index is -0.458. The second-order valence-electron chi connectivity index (χ2n) is 9.19. The number of rotatable bonds is 10. The number of amides is 3. The molecule has 41 heavy (non-hydrogen) atoms. The lowest BCUT2D eigenvalue weighted by atomic mass is 10.1. The summed E-state index contributed by atoms with van der Waals surface area (Å²) in [4.78, 5) is 41.3. The minimum Gasteiger partial charge on any atom is -0.378 e. The maximum atomic E-state index is 13.3. The van der Waals surface area contributed by atoms with Gasteiger partial charge in [-0.2, -0.15) is 0 Å². The van der Waals surface area contributed by atoms with E-state index in [0.29, 0.717) is 11.3 Å². The Morgan fingerprint density at radius 3 is 2.02 bits per heavy atom. The van der Waals surface area contributed by atoms with Crippen molar-refractivity contribution in [1.82, 2.24) is 5.32 Å². The first-order valence-electron chi connectivity index (χ1n) is 12.7. The Balaban J connectivity index is 1.41. The zero-order valence-corrected chi connectivity index (χ0v) is 25.0. The largest absolute Gasteiger partial charge is 0.378 e. The molecule has 9 heteroatoms. The highest BCUT2D eigenvalue weighted by molar-refractivity contribution is 9.10. The molecule has 3 N–H and O–H groups in total. The summed E-state index contributed by atoms with van der Waals surface area (Å²) in [6, 6.07) is 30.9. The molecule has 0 aliphatic rings. The predicted octanol–water partition coefficient (Wildman–Crippen LogP) is 6.66. The van der Waals surface area contributed by atoms with E-state index in [0.717, 1.165) is 26.3 Å². The van der Waals surface area contributed by atoms with Gasteiger partial charge in [0.25, 0.3) is 11.8 Å². The van der Waals surface area contributed by atoms with E-state index in [1.54, 1.807) is 42.5 Å². The quantitative estimate of drug-likeness (QED) is 0.135. The third kappa shape index (κ3) is 9.09. The minimum absolute atomic E-state index is 0.111. The summed E-state index contributed by atoms with van der Waals surface area (Å²) in [7, 11) is 3.90. The average Bonchev–Trinajstić information content (AvgIpc) is 2.98. The molecular weight excluding hydrogens is 600 g/mol. The third-order valence-electron chi connectivity index (χ3n) is 5.86. The van der Waals surface area contributed by atoms with Gasteiger partial charge in [0.1, 0.15) is 5.70 Å². The molecule has 208 valence electrons. The lowest BCUT2D eigenvalue weighted by molar-refractivity contribution is -0.114. The van der Waals surface area contributed by atoms with Crippen LogP contribution in [0.3, 0.4) is 0 Å². The van der Waals surface area contributed by atoms with Crippen molar-refractivity contribution in [3.8, 4) is 0 Å². The predicted molar refractivity (Wildman–Crippen MR) is 171 cm³/mol. The van der Waals surface area contributed by atoms with Gasteiger partial charge in [0.15, 0.2) is 0 Å². The van der Waals surface area contributed by atoms with E-state index < -0.39 is 5.91 Å². The lowest BCUT2D eigenvalue weighted by Crippen LogP contribution is -2.30. The van der Waals surface area contributed by atoms with Gasteiger partial charge in [0.05, 0.1) is 5.75 Å². The van der Waals surface area contributed by atoms with Crippen molar-refractivity contribution in [2.24, 2.45) is 0 Å². The van der Waals surface area contributed by atoms with Crippen molar-refractivity contribution in [2.45, 2.75) is 4.90 Å². The van der Waals surface area contributed by atoms with Crippen LogP contribution in [0, 0.1) is 0 Å². The fourth-order valence-corrected chi connectivity index (χ4v) is 4.65. The summed E-state index contributed by atoms with van der Waals surface area (Å²) in [6.45, 7) is 0. The van der Waals surface area contributed by atoms with Crippen LogP contribution in [-0.4, -0.2) is 37.6 Å². The number of nitrogens with one attached hydrogen (secondary N) is 3. The zero-order chi connectivity index (χ0) is 29.2. The molecule has 4 rings (SSSR count). The smallest absolute Gasteiger partial charge is 0.272 e. The van der Waals surface area contributed by atoms with Crippen LogP contribution in [0.4, 0.5) is 17.1 Å². The second kappa shape index (κ2) is 14.3. The van der Waals surface area contributed by atoms with Crippen molar-refractivity contribution in [3.05, 3.63) is 124 Å². The number of anilines is 3. The van der Waals surface area contributed by atoms with Crippen LogP contribution < -0.4 is 20.9 Å². The number of hydrogen-bond donors (Lipinski definition) is 3. The Labute approximate surface area is 252 Å². The Bertz CT molecular complexity index is 1520. The van der Waals surface area contributed by atoms with Gasteiger partial charge in [0, 0.05) is 46.1 Å². The van der Waals surface area contributed by atoms with E-state index >= 15 is 0 Å². The van der Waals surface area contributed by atoms with Crippen LogP contribution in [0.1, 0.15) is 15.9 Å². The molecule has 0 spiro atoms. The lowest BCUT2D eigenvalue weighted by Gasteiger charge is -2.13. The molecule has 0 aliphatic carbocycles. The van der Waals surface area contributed by atoms with Crippen molar-refractivity contribution in [1.29, 1.82) is 0 Å². The van der Waals surface area contributed by atoms with E-state index in [1.807, 2.05) is 85.7 Å². The Morgan fingerprint density at radius 2 is 1.39 bits per heavy atom. The van der Waals surface area contributed by atoms with E-state index in [9.17, 15) is 14.4 Å². The zero-order valence-electron chi connectivity index (χ0n) is 22.6. The van der Waals surface area contributed by atoms with Crippen LogP contribution in [0.5, 0.6) is 0 Å². The van der Waals surface area contributed by atoms with Gasteiger partial charge in [0.2, 0.25) is 5.91 Å². The average molecular weight is 630 g/mol. The van der Waals surface area contributed by atoms with Gasteiger partial charge in [-0.15, -0.1) is 11.8 Å². The summed E-state index contributed by atoms with van der Waals surface area (Å²) in [5.74, 6) is -0.713. The highest BCUT2D eigenvalue weighted by Gasteiger charge is 2.15. The molecule has 0 heterocycles. The van der Waals surface area contributed by atoms with Gasteiger partial charge >= 0.3 is 0 Å². The van der Waals surface area contributed by atoms with Crippen LogP contribution in [-0.2, 0) is 9.59 Å². The molecule has 0 unspecified atom stereocenters. The number of thioether (sulfide) groups is 1. The fraction of sp³-hybridized carbons (Fsp3) is 0.0938. The molecule has 0 bridgehead atoms. The van der Waals surface area contributed by atoms with Gasteiger partial charge in [-0.1, -0.05) is 46.3 Å². The van der Waals surface area contributed by atoms with Crippen LogP contribution >= 0.6 is 27.7 Å². The number of halogens is 1. The Morgan fingerprint density at radius 1 is 0.780 bits per heavy atom. The molecule has 0 aromatic heterocycles. The summed E-state index contributed by atoms with van der Waals surface area (Å²) < 4.78 is 0.942. The number of benzene rings is 4. The van der Waals surface area contributed by atoms with Crippen molar-refractivity contribution in [2.75, 3.05) is 35.4 Å². The molecule has 0 radical (unpaired) electrons. The van der Waals surface area contributed by atoms with Crippen molar-refractivity contribution in [3.63, 3.8) is 0 Å². The highest BCUT2D eigenvalue weighted by Crippen LogP contribution is 2.22. The molecule has 0 saturated carbocycles. The molecule has 7 nitrogen and oxygen atoms in total. The van der Waals surface area contributed by atoms with Gasteiger partial charge in [-0.25, -0.2) is 0 Å². The molecule has 0 aliphatic heterocycles. The van der Waals surface area contributed by atoms with Gasteiger partial charge in [-0.05, 0) is 84.4 Å². The molecule has 3 amide bonds. The Kier molecular flexibility index (Phi) is 10.4. The molecule has 0 atom stereocenters. The number of nitrogens with zero attached hydrogens (tertiary/aromatic N) is 1. The van der Waals surface area contributed by atoms with Gasteiger partial charge in [-0.3, -0.25) is 14.4 Å². The fourth-order valence-electron chi connectivity index (χ4n) is 3.69. The summed E-state index contributed by atoms with van der Waals surface area (Å²) in [5.41, 5.74) is 3.63. The number of carbonyl (C=O) groups is 3. The maximum Gasteiger partial charge on any atom is 0.272 e. The first-order chi connectivity index (χ1) is 19.8. The number of hydrogen-bond acceptors (Lipinski definition) is 5. The molecule has 0 fully saturated rings. The van der Waals surface area contributed by atoms with E-state index in [2.05, 4.69) is 31.9 Å². The van der Waals surface area contributed by atoms with Crippen molar-refractivity contribution < 1.29 is 14.4 Å². The first kappa shape index (κ1) is 29.6. The van der Waals surface area contributed by atoms with Crippen molar-refractivity contribution >= 4 is 68.6 Å². The standard InChI is InChI=1S/C32H29BrN4O3S/c1-37(2)27-16-8-22(9-17-27)20-29(36-31(39)23-6-4-3-5-7-23)32(40)35-26-14-18-28(19-15-26)41-21-30(38)34-25-12-10-24(33)11-13-25/h3-20H,21H2,1-2H3,(H,34,38)(H,35,40)(H,36,39)/b29-20-. The molecule has 4 aromatic carbocycles. The van der Waals surface area contributed by atoms with Crippen LogP contribution in [0.2, 0.25) is 0 Å². The van der Waals surface area contributed by atoms with E-state index in [4.69, 9.17) is 0 Å². The van der Waals surface area contributed by atoms with Crippen LogP contribution in [0.25, 0.3) is 6.08 Å². The monoisotopic (exact) mass is 628 g/mol. The third-order valence-corrected chi connectivity index (χ3v) is 7.40. The summed E-state index contributed by atoms with van der Waals surface area (Å²) >= 11 is 4.77. The second-order valence-corrected chi connectivity index (χ2v) is 11.2. The summed E-state index contributed by atoms with van der Waals surface area (Å²) in [5, 5.41) is 8.47. The van der Waals surface area contributed by atoms with Crippen LogP contribution in [0.15, 0.2) is 118 Å². The molecule has 0 saturated heterocycles. The topological polar surface area (TPSA) is 90.5 Å². The SMILES string of the molecule is CN(C)c1ccc(/C=C(\NC(=O)c2ccccc2)C(=O)Nc2ccc(SCC(=O)Nc3ccc(Br)cc3)cc2)cc1.